The molecule has 0 bridgehead atoms. The van der Waals surface area contributed by atoms with Gasteiger partial charge in [-0.05, 0) is 48.5 Å². The van der Waals surface area contributed by atoms with Gasteiger partial charge in [0.1, 0.15) is 6.04 Å². The zero-order valence-corrected chi connectivity index (χ0v) is 18.5. The normalized spacial score (nSPS) is 16.9. The van der Waals surface area contributed by atoms with E-state index in [-0.39, 0.29) is 22.3 Å². The Balaban J connectivity index is 1.82. The zero-order valence-electron chi connectivity index (χ0n) is 17.7. The van der Waals surface area contributed by atoms with Crippen LogP contribution in [0.1, 0.15) is 27.2 Å². The van der Waals surface area contributed by atoms with E-state index in [4.69, 9.17) is 0 Å². The Bertz CT molecular complexity index is 1060. The fourth-order valence-corrected chi connectivity index (χ4v) is 4.97. The van der Waals surface area contributed by atoms with Gasteiger partial charge in [-0.1, -0.05) is 20.8 Å². The van der Waals surface area contributed by atoms with E-state index in [1.807, 2.05) is 13.8 Å². The largest absolute Gasteiger partial charge is 0.339 e. The molecule has 1 saturated heterocycles. The number of fused-ring (bicyclic) bond motifs is 1. The van der Waals surface area contributed by atoms with Crippen LogP contribution in [0.25, 0.3) is 10.9 Å². The minimum atomic E-state index is -3.91. The smallest absolute Gasteiger partial charge is 0.248 e. The molecule has 30 heavy (non-hydrogen) atoms. The molecule has 0 saturated carbocycles. The minimum Gasteiger partial charge on any atom is -0.339 e. The van der Waals surface area contributed by atoms with Crippen LogP contribution in [0.4, 0.5) is 0 Å². The molecule has 9 heteroatoms. The molecule has 3 rings (SSSR count). The summed E-state index contributed by atoms with van der Waals surface area (Å²) in [5, 5.41) is 0.611. The molecule has 2 aromatic rings. The molecular weight excluding hydrogens is 404 g/mol. The number of amides is 1. The number of aromatic nitrogens is 1. The average molecular weight is 435 g/mol. The summed E-state index contributed by atoms with van der Waals surface area (Å²) in [4.78, 5) is 31.3. The number of hydrogen-bond acceptors (Lipinski definition) is 5. The number of hydrogen-bond donors (Lipinski definition) is 2. The lowest BCUT2D eigenvalue weighted by Crippen LogP contribution is -2.55. The molecule has 1 amide bonds. The highest BCUT2D eigenvalue weighted by Crippen LogP contribution is 2.19. The summed E-state index contributed by atoms with van der Waals surface area (Å²) in [6.45, 7) is 9.77. The molecule has 1 atom stereocenters. The van der Waals surface area contributed by atoms with Gasteiger partial charge >= 0.3 is 0 Å². The summed E-state index contributed by atoms with van der Waals surface area (Å²) in [5.41, 5.74) is 0.312. The van der Waals surface area contributed by atoms with Gasteiger partial charge in [0, 0.05) is 37.8 Å². The van der Waals surface area contributed by atoms with Gasteiger partial charge in [-0.15, -0.1) is 0 Å². The number of sulfonamides is 1. The van der Waals surface area contributed by atoms with Gasteiger partial charge in [0.15, 0.2) is 0 Å². The lowest BCUT2D eigenvalue weighted by Gasteiger charge is -2.36. The number of nitrogens with zero attached hydrogens (tertiary/aromatic N) is 2. The van der Waals surface area contributed by atoms with Crippen LogP contribution in [-0.4, -0.2) is 67.9 Å². The summed E-state index contributed by atoms with van der Waals surface area (Å²) < 4.78 is 28.8. The topological polar surface area (TPSA) is 103 Å². The van der Waals surface area contributed by atoms with Crippen molar-refractivity contribution in [2.75, 3.05) is 32.7 Å². The molecule has 2 heterocycles. The maximum atomic E-state index is 13.1. The Morgan fingerprint density at radius 1 is 1.13 bits per heavy atom. The molecule has 8 nitrogen and oxygen atoms in total. The molecule has 1 fully saturated rings. The second-order valence-electron chi connectivity index (χ2n) is 8.13. The van der Waals surface area contributed by atoms with Gasteiger partial charge in [-0.25, -0.2) is 8.42 Å². The van der Waals surface area contributed by atoms with Crippen LogP contribution in [-0.2, 0) is 14.8 Å². The van der Waals surface area contributed by atoms with E-state index >= 15 is 0 Å². The first kappa shape index (κ1) is 22.5. The predicted octanol–water partition coefficient (Wildman–Crippen LogP) is 1.39. The molecule has 1 aliphatic rings. The van der Waals surface area contributed by atoms with E-state index in [0.29, 0.717) is 30.4 Å². The molecule has 164 valence electrons. The molecule has 0 spiro atoms. The van der Waals surface area contributed by atoms with Gasteiger partial charge in [0.2, 0.25) is 21.5 Å². The lowest BCUT2D eigenvalue weighted by molar-refractivity contribution is -0.135. The summed E-state index contributed by atoms with van der Waals surface area (Å²) in [6.07, 6.45) is 0.424. The van der Waals surface area contributed by atoms with Gasteiger partial charge in [-0.3, -0.25) is 9.59 Å². The van der Waals surface area contributed by atoms with Crippen molar-refractivity contribution >= 4 is 26.8 Å². The first-order valence-corrected chi connectivity index (χ1v) is 11.8. The highest BCUT2D eigenvalue weighted by atomic mass is 32.2. The van der Waals surface area contributed by atoms with Crippen molar-refractivity contribution < 1.29 is 13.2 Å². The van der Waals surface area contributed by atoms with Crippen molar-refractivity contribution in [3.8, 4) is 0 Å². The lowest BCUT2D eigenvalue weighted by atomic mass is 10.0. The third kappa shape index (κ3) is 5.27. The van der Waals surface area contributed by atoms with Crippen molar-refractivity contribution in [2.45, 2.75) is 38.1 Å². The molecular formula is C21H30N4O4S. The van der Waals surface area contributed by atoms with E-state index in [1.165, 1.54) is 18.2 Å². The highest BCUT2D eigenvalue weighted by molar-refractivity contribution is 7.89. The van der Waals surface area contributed by atoms with Crippen molar-refractivity contribution in [1.82, 2.24) is 19.5 Å². The summed E-state index contributed by atoms with van der Waals surface area (Å²) >= 11 is 0. The zero-order chi connectivity index (χ0) is 21.9. The number of rotatable bonds is 7. The monoisotopic (exact) mass is 434 g/mol. The number of likely N-dealkylation sites (N-methyl/N-ethyl adjacent to an activating group) is 1. The van der Waals surface area contributed by atoms with E-state index in [2.05, 4.69) is 21.5 Å². The number of carbonyl (C=O) groups excluding carboxylic acids is 1. The van der Waals surface area contributed by atoms with E-state index in [1.54, 1.807) is 17.0 Å². The van der Waals surface area contributed by atoms with Crippen LogP contribution in [0.3, 0.4) is 0 Å². The third-order valence-electron chi connectivity index (χ3n) is 5.44. The van der Waals surface area contributed by atoms with Crippen LogP contribution in [0.2, 0.25) is 0 Å². The van der Waals surface area contributed by atoms with Crippen molar-refractivity contribution in [3.63, 3.8) is 0 Å². The molecule has 1 aromatic carbocycles. The van der Waals surface area contributed by atoms with E-state index in [0.717, 1.165) is 19.6 Å². The van der Waals surface area contributed by atoms with Crippen LogP contribution in [0.15, 0.2) is 40.0 Å². The number of piperazine rings is 1. The van der Waals surface area contributed by atoms with E-state index < -0.39 is 16.1 Å². The number of carbonyl (C=O) groups is 1. The minimum absolute atomic E-state index is 0.0689. The van der Waals surface area contributed by atoms with Crippen LogP contribution < -0.4 is 10.3 Å². The fraction of sp³-hybridized carbons (Fsp3) is 0.524. The number of nitrogens with one attached hydrogen (secondary N) is 2. The second-order valence-corrected chi connectivity index (χ2v) is 9.85. The standard InChI is InChI=1S/C21H30N4O4S/c1-4-24-9-11-25(12-10-24)21(27)19(13-15(2)3)23-30(28,29)17-6-7-18-16(14-17)5-8-20(26)22-18/h5-8,14-15,19,23H,4,9-13H2,1-3H3,(H,22,26)/t19-/m0/s1. The molecule has 1 aromatic heterocycles. The Morgan fingerprint density at radius 3 is 2.47 bits per heavy atom. The van der Waals surface area contributed by atoms with Crippen LogP contribution in [0.5, 0.6) is 0 Å². The number of benzene rings is 1. The van der Waals surface area contributed by atoms with Crippen molar-refractivity contribution in [2.24, 2.45) is 5.92 Å². The maximum Gasteiger partial charge on any atom is 0.248 e. The highest BCUT2D eigenvalue weighted by Gasteiger charge is 2.31. The average Bonchev–Trinajstić information content (AvgIpc) is 2.71. The molecule has 0 aliphatic carbocycles. The number of aromatic amines is 1. The summed E-state index contributed by atoms with van der Waals surface area (Å²) in [6, 6.07) is 6.63. The summed E-state index contributed by atoms with van der Waals surface area (Å²) in [5.74, 6) is -0.0200. The van der Waals surface area contributed by atoms with Gasteiger partial charge in [0.25, 0.3) is 0 Å². The predicted molar refractivity (Wildman–Crippen MR) is 117 cm³/mol. The number of pyridine rings is 1. The van der Waals surface area contributed by atoms with Crippen molar-refractivity contribution in [1.29, 1.82) is 0 Å². The summed E-state index contributed by atoms with van der Waals surface area (Å²) in [7, 11) is -3.91. The first-order valence-electron chi connectivity index (χ1n) is 10.4. The SMILES string of the molecule is CCN1CCN(C(=O)[C@H](CC(C)C)NS(=O)(=O)c2ccc3[nH]c(=O)ccc3c2)CC1. The van der Waals surface area contributed by atoms with Crippen LogP contribution >= 0.6 is 0 Å². The Kier molecular flexibility index (Phi) is 6.95. The fourth-order valence-electron chi connectivity index (χ4n) is 3.73. The second kappa shape index (κ2) is 9.28. The Hall–Kier alpha value is -2.23. The van der Waals surface area contributed by atoms with E-state index in [9.17, 15) is 18.0 Å². The van der Waals surface area contributed by atoms with Gasteiger partial charge in [-0.2, -0.15) is 4.72 Å². The quantitative estimate of drug-likeness (QED) is 0.686. The molecule has 1 aliphatic heterocycles. The van der Waals surface area contributed by atoms with Gasteiger partial charge < -0.3 is 14.8 Å². The maximum absolute atomic E-state index is 13.1. The Labute approximate surface area is 177 Å². The molecule has 0 unspecified atom stereocenters. The first-order chi connectivity index (χ1) is 14.2. The molecule has 2 N–H and O–H groups in total. The molecule has 0 radical (unpaired) electrons. The van der Waals surface area contributed by atoms with Gasteiger partial charge in [0.05, 0.1) is 4.90 Å². The third-order valence-corrected chi connectivity index (χ3v) is 6.91. The Morgan fingerprint density at radius 2 is 1.83 bits per heavy atom. The van der Waals surface area contributed by atoms with Crippen molar-refractivity contribution in [3.05, 3.63) is 40.7 Å². The number of H-pyrrole nitrogens is 1. The van der Waals surface area contributed by atoms with Crippen LogP contribution in [0, 0.1) is 5.92 Å².